The molecule has 0 radical (unpaired) electrons. The zero-order valence-electron chi connectivity index (χ0n) is 13.5. The van der Waals surface area contributed by atoms with E-state index in [2.05, 4.69) is 18.7 Å². The number of allylic oxidation sites excluding steroid dienone is 1. The number of rotatable bonds is 13. The van der Waals surface area contributed by atoms with Gasteiger partial charge >= 0.3 is 0 Å². The van der Waals surface area contributed by atoms with E-state index in [0.717, 1.165) is 51.4 Å². The van der Waals surface area contributed by atoms with Crippen LogP contribution in [0.5, 0.6) is 0 Å². The van der Waals surface area contributed by atoms with Crippen molar-refractivity contribution >= 4 is 0 Å². The Morgan fingerprint density at radius 3 is 1.48 bits per heavy atom. The molecule has 3 heteroatoms. The van der Waals surface area contributed by atoms with Gasteiger partial charge in [-0.25, -0.2) is 0 Å². The molecule has 0 spiro atoms. The van der Waals surface area contributed by atoms with E-state index < -0.39 is 0 Å². The summed E-state index contributed by atoms with van der Waals surface area (Å²) in [5.41, 5.74) is 0. The largest absolute Gasteiger partial charge is 0.396 e. The summed E-state index contributed by atoms with van der Waals surface area (Å²) in [5.74, 6) is 0. The van der Waals surface area contributed by atoms with Crippen LogP contribution in [0.4, 0.5) is 0 Å². The molecule has 0 amide bonds. The number of hydrogen-bond donors (Lipinski definition) is 1. The van der Waals surface area contributed by atoms with Gasteiger partial charge < -0.3 is 5.11 Å². The van der Waals surface area contributed by atoms with Crippen molar-refractivity contribution in [3.8, 4) is 12.1 Å². The van der Waals surface area contributed by atoms with E-state index in [1.165, 1.54) is 25.7 Å². The van der Waals surface area contributed by atoms with Crippen molar-refractivity contribution in [2.75, 3.05) is 6.61 Å². The molecule has 0 aromatic rings. The van der Waals surface area contributed by atoms with Gasteiger partial charge in [0.2, 0.25) is 0 Å². The smallest absolute Gasteiger partial charge is 0.0621 e. The molecule has 0 bridgehead atoms. The molecule has 0 unspecified atom stereocenters. The van der Waals surface area contributed by atoms with E-state index in [-0.39, 0.29) is 14.9 Å². The molecule has 0 fully saturated rings. The number of nitriles is 2. The van der Waals surface area contributed by atoms with Gasteiger partial charge in [0, 0.05) is 19.4 Å². The van der Waals surface area contributed by atoms with Crippen LogP contribution in [0.25, 0.3) is 0 Å². The average molecular weight is 325 g/mol. The van der Waals surface area contributed by atoms with E-state index >= 15 is 0 Å². The molecule has 23 heavy (non-hydrogen) atoms. The molecule has 0 aliphatic heterocycles. The quantitative estimate of drug-likeness (QED) is 0.309. The van der Waals surface area contributed by atoms with Crippen LogP contribution in [0.1, 0.15) is 98.3 Å². The number of nitrogens with zero attached hydrogens (tertiary/aromatic N) is 2. The molecule has 136 valence electrons. The Hall–Kier alpha value is -1.32. The maximum Gasteiger partial charge on any atom is 0.0621 e. The summed E-state index contributed by atoms with van der Waals surface area (Å²) in [6.45, 7) is 3.97. The molecule has 0 aromatic heterocycles. The van der Waals surface area contributed by atoms with Crippen LogP contribution in [0, 0.1) is 22.7 Å². The zero-order chi connectivity index (χ0) is 16.0. The van der Waals surface area contributed by atoms with E-state index in [9.17, 15) is 0 Å². The highest BCUT2D eigenvalue weighted by Crippen LogP contribution is 2.06. The lowest BCUT2D eigenvalue weighted by Crippen LogP contribution is -1.82. The molecule has 0 rings (SSSR count). The van der Waals surface area contributed by atoms with Crippen LogP contribution in [0.2, 0.25) is 0 Å². The van der Waals surface area contributed by atoms with Crippen molar-refractivity contribution in [1.82, 2.24) is 0 Å². The van der Waals surface area contributed by atoms with Gasteiger partial charge in [-0.2, -0.15) is 10.5 Å². The lowest BCUT2D eigenvalue weighted by Gasteiger charge is -1.95. The minimum atomic E-state index is 0. The SMILES string of the molecule is C.C.C=CCCCCCCCC#N.N#CCCCCCCCO. The van der Waals surface area contributed by atoms with E-state index in [4.69, 9.17) is 15.6 Å². The highest BCUT2D eigenvalue weighted by Gasteiger charge is 1.89. The second-order valence-electron chi connectivity index (χ2n) is 5.15. The molecular weight excluding hydrogens is 284 g/mol. The molecule has 0 aromatic carbocycles. The minimum absolute atomic E-state index is 0. The Morgan fingerprint density at radius 1 is 0.696 bits per heavy atom. The highest BCUT2D eigenvalue weighted by atomic mass is 16.2. The molecular formula is C20H40N2O. The lowest BCUT2D eigenvalue weighted by molar-refractivity contribution is 0.282. The Balaban J connectivity index is -0.000000145. The van der Waals surface area contributed by atoms with Gasteiger partial charge in [0.15, 0.2) is 0 Å². The van der Waals surface area contributed by atoms with Crippen LogP contribution < -0.4 is 0 Å². The molecule has 1 N–H and O–H groups in total. The summed E-state index contributed by atoms with van der Waals surface area (Å²) in [4.78, 5) is 0. The summed E-state index contributed by atoms with van der Waals surface area (Å²) in [6, 6.07) is 4.26. The maximum absolute atomic E-state index is 8.42. The first-order valence-corrected chi connectivity index (χ1v) is 8.29. The van der Waals surface area contributed by atoms with Crippen LogP contribution in [0.3, 0.4) is 0 Å². The van der Waals surface area contributed by atoms with Crippen LogP contribution >= 0.6 is 0 Å². The summed E-state index contributed by atoms with van der Waals surface area (Å²) >= 11 is 0. The van der Waals surface area contributed by atoms with E-state index in [0.29, 0.717) is 13.0 Å². The van der Waals surface area contributed by atoms with Gasteiger partial charge in [0.1, 0.15) is 0 Å². The van der Waals surface area contributed by atoms with Crippen molar-refractivity contribution in [3.05, 3.63) is 12.7 Å². The fourth-order valence-corrected chi connectivity index (χ4v) is 1.87. The Labute approximate surface area is 146 Å². The van der Waals surface area contributed by atoms with Crippen molar-refractivity contribution in [2.24, 2.45) is 0 Å². The Morgan fingerprint density at radius 2 is 1.09 bits per heavy atom. The Kier molecular flexibility index (Phi) is 42.0. The number of aliphatic hydroxyl groups excluding tert-OH is 1. The summed E-state index contributed by atoms with van der Waals surface area (Å²) < 4.78 is 0. The van der Waals surface area contributed by atoms with E-state index in [1.54, 1.807) is 0 Å². The van der Waals surface area contributed by atoms with E-state index in [1.807, 2.05) is 6.08 Å². The van der Waals surface area contributed by atoms with Crippen molar-refractivity contribution in [2.45, 2.75) is 98.3 Å². The van der Waals surface area contributed by atoms with Crippen LogP contribution in [-0.4, -0.2) is 11.7 Å². The first kappa shape index (κ1) is 29.7. The Bertz CT molecular complexity index is 276. The van der Waals surface area contributed by atoms with Gasteiger partial charge in [-0.3, -0.25) is 0 Å². The fraction of sp³-hybridized carbons (Fsp3) is 0.800. The highest BCUT2D eigenvalue weighted by molar-refractivity contribution is 4.68. The van der Waals surface area contributed by atoms with Gasteiger partial charge in [-0.1, -0.05) is 59.5 Å². The van der Waals surface area contributed by atoms with Gasteiger partial charge in [-0.15, -0.1) is 6.58 Å². The summed E-state index contributed by atoms with van der Waals surface area (Å²) in [7, 11) is 0. The third kappa shape index (κ3) is 38.6. The summed E-state index contributed by atoms with van der Waals surface area (Å²) in [6.07, 6.45) is 15.9. The predicted molar refractivity (Wildman–Crippen MR) is 102 cm³/mol. The van der Waals surface area contributed by atoms with Gasteiger partial charge in [-0.05, 0) is 32.1 Å². The van der Waals surface area contributed by atoms with Gasteiger partial charge in [0.25, 0.3) is 0 Å². The molecule has 0 aliphatic rings. The molecule has 0 heterocycles. The van der Waals surface area contributed by atoms with Gasteiger partial charge in [0.05, 0.1) is 12.1 Å². The summed E-state index contributed by atoms with van der Waals surface area (Å²) in [5, 5.41) is 24.8. The third-order valence-electron chi connectivity index (χ3n) is 3.14. The predicted octanol–water partition coefficient (Wildman–Crippen LogP) is 6.54. The molecule has 0 saturated heterocycles. The van der Waals surface area contributed by atoms with Crippen LogP contribution in [0.15, 0.2) is 12.7 Å². The first-order valence-electron chi connectivity index (χ1n) is 8.29. The normalized spacial score (nSPS) is 8.30. The van der Waals surface area contributed by atoms with Crippen molar-refractivity contribution in [1.29, 1.82) is 10.5 Å². The fourth-order valence-electron chi connectivity index (χ4n) is 1.87. The lowest BCUT2D eigenvalue weighted by atomic mass is 10.1. The maximum atomic E-state index is 8.42. The molecule has 0 aliphatic carbocycles. The van der Waals surface area contributed by atoms with Crippen molar-refractivity contribution < 1.29 is 5.11 Å². The number of unbranched alkanes of at least 4 members (excludes halogenated alkanes) is 11. The number of hydrogen-bond acceptors (Lipinski definition) is 3. The van der Waals surface area contributed by atoms with Crippen LogP contribution in [-0.2, 0) is 0 Å². The zero-order valence-corrected chi connectivity index (χ0v) is 13.5. The average Bonchev–Trinajstić information content (AvgIpc) is 2.51. The molecule has 0 saturated carbocycles. The third-order valence-corrected chi connectivity index (χ3v) is 3.14. The van der Waals surface area contributed by atoms with Crippen molar-refractivity contribution in [3.63, 3.8) is 0 Å². The molecule has 0 atom stereocenters. The second-order valence-corrected chi connectivity index (χ2v) is 5.15. The minimum Gasteiger partial charge on any atom is -0.396 e. The monoisotopic (exact) mass is 324 g/mol. The first-order chi connectivity index (χ1) is 10.3. The topological polar surface area (TPSA) is 67.8 Å². The molecule has 3 nitrogen and oxygen atoms in total. The second kappa shape index (κ2) is 32.6. The standard InChI is InChI=1S/C10H17N.C8H15NO.2CH4/c1-2-3-4-5-6-7-8-9-10-11;9-7-5-3-1-2-4-6-8-10;;/h2H,1,3-9H2;10H,1-6,8H2;2*1H4. The number of aliphatic hydroxyl groups is 1.